The van der Waals surface area contributed by atoms with Crippen LogP contribution in [-0.4, -0.2) is 46.2 Å². The van der Waals surface area contributed by atoms with Crippen LogP contribution in [0.3, 0.4) is 0 Å². The second-order valence-corrected chi connectivity index (χ2v) is 6.44. The molecule has 0 radical (unpaired) electrons. The van der Waals surface area contributed by atoms with E-state index in [1.807, 2.05) is 53.1 Å². The van der Waals surface area contributed by atoms with Gasteiger partial charge in [-0.15, -0.1) is 0 Å². The monoisotopic (exact) mass is 370 g/mol. The van der Waals surface area contributed by atoms with Gasteiger partial charge >= 0.3 is 0 Å². The maximum absolute atomic E-state index is 10.5. The Balaban J connectivity index is 1.64. The van der Waals surface area contributed by atoms with Crippen molar-refractivity contribution in [3.8, 4) is 5.75 Å². The predicted octanol–water partition coefficient (Wildman–Crippen LogP) is 2.55. The van der Waals surface area contributed by atoms with Gasteiger partial charge in [0.1, 0.15) is 11.6 Å². The van der Waals surface area contributed by atoms with E-state index in [1.165, 1.54) is 0 Å². The Labute approximate surface area is 159 Å². The summed E-state index contributed by atoms with van der Waals surface area (Å²) in [5.41, 5.74) is 2.82. The first-order chi connectivity index (χ1) is 13.2. The summed E-state index contributed by atoms with van der Waals surface area (Å²) in [5, 5.41) is 19.6. The summed E-state index contributed by atoms with van der Waals surface area (Å²) >= 11 is 0. The molecule has 0 spiro atoms. The van der Waals surface area contributed by atoms with Crippen molar-refractivity contribution in [2.24, 2.45) is 0 Å². The summed E-state index contributed by atoms with van der Waals surface area (Å²) in [5.74, 6) is 1.65. The van der Waals surface area contributed by atoms with Crippen LogP contribution in [-0.2, 0) is 24.3 Å². The van der Waals surface area contributed by atoms with Gasteiger partial charge in [-0.1, -0.05) is 30.3 Å². The third-order valence-corrected chi connectivity index (χ3v) is 4.45. The number of aliphatic hydroxyl groups is 2. The van der Waals surface area contributed by atoms with E-state index in [0.717, 1.165) is 28.2 Å². The van der Waals surface area contributed by atoms with E-state index in [-0.39, 0.29) is 13.2 Å². The van der Waals surface area contributed by atoms with Gasteiger partial charge in [0.15, 0.2) is 0 Å². The van der Waals surface area contributed by atoms with E-state index >= 15 is 0 Å². The molecule has 1 aromatic heterocycles. The zero-order valence-electron chi connectivity index (χ0n) is 15.5. The average Bonchev–Trinajstić information content (AvgIpc) is 3.04. The lowest BCUT2D eigenvalue weighted by atomic mass is 10.2. The van der Waals surface area contributed by atoms with E-state index in [2.05, 4.69) is 4.98 Å². The molecule has 0 aliphatic rings. The fraction of sp³-hybridized carbons (Fsp3) is 0.381. The molecule has 0 saturated carbocycles. The van der Waals surface area contributed by atoms with Crippen molar-refractivity contribution in [1.82, 2.24) is 9.55 Å². The summed E-state index contributed by atoms with van der Waals surface area (Å²) in [6.45, 7) is 1.11. The molecule has 2 N–H and O–H groups in total. The fourth-order valence-corrected chi connectivity index (χ4v) is 3.15. The molecule has 0 fully saturated rings. The predicted molar refractivity (Wildman–Crippen MR) is 104 cm³/mol. The van der Waals surface area contributed by atoms with Crippen molar-refractivity contribution in [3.63, 3.8) is 0 Å². The number of fused-ring (bicyclic) bond motifs is 1. The zero-order valence-corrected chi connectivity index (χ0v) is 15.5. The van der Waals surface area contributed by atoms with Gasteiger partial charge in [0.25, 0.3) is 0 Å². The lowest BCUT2D eigenvalue weighted by Gasteiger charge is -2.16. The molecular formula is C21H26N2O4. The third-order valence-electron chi connectivity index (χ3n) is 4.45. The first-order valence-corrected chi connectivity index (χ1v) is 9.15. The largest absolute Gasteiger partial charge is 0.496 e. The lowest BCUT2D eigenvalue weighted by Crippen LogP contribution is -2.23. The Morgan fingerprint density at radius 2 is 1.89 bits per heavy atom. The Hall–Kier alpha value is -2.41. The molecule has 0 bridgehead atoms. The Morgan fingerprint density at radius 1 is 1.11 bits per heavy atom. The van der Waals surface area contributed by atoms with Gasteiger partial charge in [0, 0.05) is 18.6 Å². The van der Waals surface area contributed by atoms with Crippen LogP contribution in [0.25, 0.3) is 11.0 Å². The van der Waals surface area contributed by atoms with Crippen molar-refractivity contribution in [2.45, 2.75) is 32.1 Å². The number of hydrogen-bond donors (Lipinski definition) is 2. The second-order valence-electron chi connectivity index (χ2n) is 6.44. The van der Waals surface area contributed by atoms with Crippen LogP contribution >= 0.6 is 0 Å². The molecule has 3 rings (SSSR count). The summed E-state index contributed by atoms with van der Waals surface area (Å²) in [7, 11) is 1.63. The van der Waals surface area contributed by atoms with Crippen LogP contribution in [0.5, 0.6) is 5.75 Å². The van der Waals surface area contributed by atoms with E-state index in [9.17, 15) is 5.11 Å². The van der Waals surface area contributed by atoms with Crippen molar-refractivity contribution in [3.05, 3.63) is 59.9 Å². The highest BCUT2D eigenvalue weighted by Gasteiger charge is 2.14. The van der Waals surface area contributed by atoms with Crippen LogP contribution < -0.4 is 4.74 Å². The van der Waals surface area contributed by atoms with Crippen LogP contribution in [0.15, 0.2) is 48.5 Å². The van der Waals surface area contributed by atoms with Crippen molar-refractivity contribution in [1.29, 1.82) is 0 Å². The number of ether oxygens (including phenoxy) is 2. The van der Waals surface area contributed by atoms with Gasteiger partial charge in [-0.05, 0) is 24.6 Å². The summed E-state index contributed by atoms with van der Waals surface area (Å²) in [4.78, 5) is 4.64. The smallest absolute Gasteiger partial charge is 0.124 e. The summed E-state index contributed by atoms with van der Waals surface area (Å²) < 4.78 is 13.0. The van der Waals surface area contributed by atoms with E-state index in [0.29, 0.717) is 26.0 Å². The number of rotatable bonds is 10. The molecule has 1 heterocycles. The Morgan fingerprint density at radius 3 is 2.70 bits per heavy atom. The Kier molecular flexibility index (Phi) is 6.81. The normalized spacial score (nSPS) is 12.4. The summed E-state index contributed by atoms with van der Waals surface area (Å²) in [6.07, 6.45) is 0.647. The van der Waals surface area contributed by atoms with Gasteiger partial charge in [0.05, 0.1) is 44.0 Å². The highest BCUT2D eigenvalue weighted by Crippen LogP contribution is 2.19. The minimum Gasteiger partial charge on any atom is -0.496 e. The standard InChI is InChI=1S/C21H26N2O4/c1-26-20-10-5-2-7-16(20)14-27-15-17(25)13-23-19-9-4-3-8-18(19)22-21(23)11-6-12-24/h2-5,7-10,17,24-25H,6,11-15H2,1H3/t17-/m0/s1. The van der Waals surface area contributed by atoms with E-state index < -0.39 is 6.10 Å². The minimum atomic E-state index is -0.662. The highest BCUT2D eigenvalue weighted by molar-refractivity contribution is 5.75. The number of methoxy groups -OCH3 is 1. The lowest BCUT2D eigenvalue weighted by molar-refractivity contribution is 0.0199. The molecular weight excluding hydrogens is 344 g/mol. The quantitative estimate of drug-likeness (QED) is 0.574. The zero-order chi connectivity index (χ0) is 19.1. The first-order valence-electron chi connectivity index (χ1n) is 9.15. The molecule has 3 aromatic rings. The average molecular weight is 370 g/mol. The van der Waals surface area contributed by atoms with Crippen molar-refractivity contribution >= 4 is 11.0 Å². The number of nitrogens with zero attached hydrogens (tertiary/aromatic N) is 2. The molecule has 0 unspecified atom stereocenters. The number of hydrogen-bond acceptors (Lipinski definition) is 5. The SMILES string of the molecule is COc1ccccc1COC[C@@H](O)Cn1c(CCCO)nc2ccccc21. The second kappa shape index (κ2) is 9.50. The molecule has 6 heteroatoms. The van der Waals surface area contributed by atoms with Gasteiger partial charge in [0.2, 0.25) is 0 Å². The number of aryl methyl sites for hydroxylation is 1. The van der Waals surface area contributed by atoms with Crippen LogP contribution in [0.2, 0.25) is 0 Å². The highest BCUT2D eigenvalue weighted by atomic mass is 16.5. The number of aromatic nitrogens is 2. The molecule has 0 saturated heterocycles. The fourth-order valence-electron chi connectivity index (χ4n) is 3.15. The molecule has 0 aliphatic heterocycles. The molecule has 2 aromatic carbocycles. The van der Waals surface area contributed by atoms with Gasteiger partial charge in [-0.3, -0.25) is 0 Å². The molecule has 0 amide bonds. The minimum absolute atomic E-state index is 0.119. The topological polar surface area (TPSA) is 76.7 Å². The van der Waals surface area contributed by atoms with Crippen LogP contribution in [0.1, 0.15) is 17.8 Å². The Bertz CT molecular complexity index is 862. The molecule has 1 atom stereocenters. The third kappa shape index (κ3) is 4.86. The number of benzene rings is 2. The number of para-hydroxylation sites is 3. The summed E-state index contributed by atoms with van der Waals surface area (Å²) in [6, 6.07) is 15.5. The first kappa shape index (κ1) is 19.4. The molecule has 144 valence electrons. The number of imidazole rings is 1. The maximum Gasteiger partial charge on any atom is 0.124 e. The van der Waals surface area contributed by atoms with E-state index in [1.54, 1.807) is 7.11 Å². The van der Waals surface area contributed by atoms with Crippen LogP contribution in [0.4, 0.5) is 0 Å². The van der Waals surface area contributed by atoms with Gasteiger partial charge in [-0.25, -0.2) is 4.98 Å². The maximum atomic E-state index is 10.5. The van der Waals surface area contributed by atoms with Crippen molar-refractivity contribution < 1.29 is 19.7 Å². The molecule has 0 aliphatic carbocycles. The van der Waals surface area contributed by atoms with Crippen molar-refractivity contribution in [2.75, 3.05) is 20.3 Å². The van der Waals surface area contributed by atoms with Gasteiger partial charge < -0.3 is 24.3 Å². The van der Waals surface area contributed by atoms with Gasteiger partial charge in [-0.2, -0.15) is 0 Å². The molecule has 6 nitrogen and oxygen atoms in total. The number of aliphatic hydroxyl groups excluding tert-OH is 2. The van der Waals surface area contributed by atoms with Crippen LogP contribution in [0, 0.1) is 0 Å². The van der Waals surface area contributed by atoms with E-state index in [4.69, 9.17) is 14.6 Å². The molecule has 27 heavy (non-hydrogen) atoms.